The average Bonchev–Trinajstić information content (AvgIpc) is 3.35. The molecule has 0 aliphatic heterocycles. The lowest BCUT2D eigenvalue weighted by atomic mass is 10.0. The predicted octanol–water partition coefficient (Wildman–Crippen LogP) is -1.77. The number of aromatic amines is 1. The predicted molar refractivity (Wildman–Crippen MR) is 158 cm³/mol. The summed E-state index contributed by atoms with van der Waals surface area (Å²) in [6, 6.07) is 2.24. The second-order valence-corrected chi connectivity index (χ2v) is 10.0. The van der Waals surface area contributed by atoms with Gasteiger partial charge in [0.05, 0.1) is 12.5 Å². The summed E-state index contributed by atoms with van der Waals surface area (Å²) in [4.78, 5) is 69.2. The van der Waals surface area contributed by atoms with Crippen LogP contribution in [-0.2, 0) is 30.4 Å². The zero-order valence-corrected chi connectivity index (χ0v) is 23.8. The molecule has 1 aromatic carbocycles. The quantitative estimate of drug-likeness (QED) is 0.0487. The molecule has 0 saturated carbocycles. The molecular weight excluding hydrogens is 562 g/mol. The molecule has 0 radical (unpaired) electrons. The number of carbonyl (C=O) groups excluding carboxylic acids is 3. The number of hydrogen-bond acceptors (Lipinski definition) is 8. The average molecular weight is 604 g/mol. The highest BCUT2D eigenvalue weighted by Gasteiger charge is 2.30. The Morgan fingerprint density at radius 3 is 2.07 bits per heavy atom. The SMILES string of the molecule is NCCCCC(NC(=O)C(CCCN=C(N)N)NC(=O)C(N)CC(=O)O)C(=O)NC(Cc1c[nH]c2ccccc12)C(=O)O. The van der Waals surface area contributed by atoms with E-state index in [1.165, 1.54) is 0 Å². The van der Waals surface area contributed by atoms with E-state index >= 15 is 0 Å². The molecule has 14 N–H and O–H groups in total. The number of nitrogens with two attached hydrogens (primary N) is 4. The van der Waals surface area contributed by atoms with Gasteiger partial charge >= 0.3 is 11.9 Å². The fourth-order valence-corrected chi connectivity index (χ4v) is 4.36. The summed E-state index contributed by atoms with van der Waals surface area (Å²) < 4.78 is 0. The molecule has 16 heteroatoms. The van der Waals surface area contributed by atoms with Gasteiger partial charge in [-0.25, -0.2) is 4.79 Å². The number of nitrogens with zero attached hydrogens (tertiary/aromatic N) is 1. The number of aliphatic carboxylic acids is 2. The number of aliphatic imine (C=N–C) groups is 1. The number of carboxylic acids is 2. The van der Waals surface area contributed by atoms with E-state index in [-0.39, 0.29) is 38.2 Å². The van der Waals surface area contributed by atoms with Crippen molar-refractivity contribution in [1.82, 2.24) is 20.9 Å². The van der Waals surface area contributed by atoms with Gasteiger partial charge in [0.1, 0.15) is 18.1 Å². The van der Waals surface area contributed by atoms with Crippen molar-refractivity contribution in [2.45, 2.75) is 69.1 Å². The van der Waals surface area contributed by atoms with Crippen LogP contribution in [0.2, 0.25) is 0 Å². The van der Waals surface area contributed by atoms with Gasteiger partial charge in [0.15, 0.2) is 5.96 Å². The molecule has 16 nitrogen and oxygen atoms in total. The Hall–Kier alpha value is -4.70. The first-order valence-electron chi connectivity index (χ1n) is 13.8. The fourth-order valence-electron chi connectivity index (χ4n) is 4.36. The molecule has 0 saturated heterocycles. The van der Waals surface area contributed by atoms with Gasteiger partial charge in [-0.2, -0.15) is 0 Å². The Morgan fingerprint density at radius 2 is 1.47 bits per heavy atom. The third-order valence-corrected chi connectivity index (χ3v) is 6.60. The van der Waals surface area contributed by atoms with Crippen molar-refractivity contribution in [1.29, 1.82) is 0 Å². The van der Waals surface area contributed by atoms with Gasteiger partial charge in [-0.1, -0.05) is 18.2 Å². The first-order chi connectivity index (χ1) is 20.4. The summed E-state index contributed by atoms with van der Waals surface area (Å²) in [5.41, 5.74) is 23.4. The number of fused-ring (bicyclic) bond motifs is 1. The molecule has 3 amide bonds. The first kappa shape index (κ1) is 34.5. The van der Waals surface area contributed by atoms with Gasteiger partial charge < -0.3 is 54.1 Å². The number of carbonyl (C=O) groups is 5. The topological polar surface area (TPSA) is 294 Å². The third-order valence-electron chi connectivity index (χ3n) is 6.60. The number of H-pyrrole nitrogens is 1. The van der Waals surface area contributed by atoms with Crippen LogP contribution in [0.3, 0.4) is 0 Å². The number of unbranched alkanes of at least 4 members (excludes halogenated alkanes) is 1. The van der Waals surface area contributed by atoms with Crippen LogP contribution in [0.25, 0.3) is 10.9 Å². The van der Waals surface area contributed by atoms with E-state index < -0.39 is 60.2 Å². The zero-order valence-electron chi connectivity index (χ0n) is 23.8. The number of para-hydroxylation sites is 1. The molecule has 2 aromatic rings. The highest BCUT2D eigenvalue weighted by atomic mass is 16.4. The fraction of sp³-hybridized carbons (Fsp3) is 0.481. The van der Waals surface area contributed by atoms with E-state index in [4.69, 9.17) is 28.0 Å². The zero-order chi connectivity index (χ0) is 31.9. The largest absolute Gasteiger partial charge is 0.481 e. The van der Waals surface area contributed by atoms with Crippen molar-refractivity contribution in [3.8, 4) is 0 Å². The molecule has 43 heavy (non-hydrogen) atoms. The number of carboxylic acid groups (broad SMARTS) is 2. The van der Waals surface area contributed by atoms with Gasteiger partial charge in [0.25, 0.3) is 0 Å². The van der Waals surface area contributed by atoms with Crippen molar-refractivity contribution in [3.05, 3.63) is 36.0 Å². The molecule has 1 heterocycles. The maximum absolute atomic E-state index is 13.3. The third kappa shape index (κ3) is 11.6. The Labute approximate surface area is 248 Å². The Morgan fingerprint density at radius 1 is 0.860 bits per heavy atom. The van der Waals surface area contributed by atoms with Crippen molar-refractivity contribution in [3.63, 3.8) is 0 Å². The van der Waals surface area contributed by atoms with E-state index in [0.717, 1.165) is 10.9 Å². The summed E-state index contributed by atoms with van der Waals surface area (Å²) in [7, 11) is 0. The molecule has 2 rings (SSSR count). The van der Waals surface area contributed by atoms with Crippen LogP contribution in [0.15, 0.2) is 35.5 Å². The number of nitrogens with one attached hydrogen (secondary N) is 4. The number of guanidine groups is 1. The molecule has 236 valence electrons. The van der Waals surface area contributed by atoms with E-state index in [1.54, 1.807) is 6.20 Å². The number of benzene rings is 1. The van der Waals surface area contributed by atoms with Crippen LogP contribution >= 0.6 is 0 Å². The Balaban J connectivity index is 2.20. The molecule has 0 aliphatic carbocycles. The molecule has 0 fully saturated rings. The summed E-state index contributed by atoms with van der Waals surface area (Å²) in [5, 5.41) is 27.2. The maximum Gasteiger partial charge on any atom is 0.326 e. The number of rotatable bonds is 19. The lowest BCUT2D eigenvalue weighted by Crippen LogP contribution is -2.57. The van der Waals surface area contributed by atoms with Crippen LogP contribution < -0.4 is 38.9 Å². The number of amides is 3. The molecule has 4 unspecified atom stereocenters. The van der Waals surface area contributed by atoms with Crippen LogP contribution in [-0.4, -0.2) is 88.1 Å². The van der Waals surface area contributed by atoms with E-state index in [9.17, 15) is 29.1 Å². The van der Waals surface area contributed by atoms with Crippen molar-refractivity contribution in [2.24, 2.45) is 27.9 Å². The minimum Gasteiger partial charge on any atom is -0.481 e. The van der Waals surface area contributed by atoms with Gasteiger partial charge in [-0.15, -0.1) is 0 Å². The second kappa shape index (κ2) is 17.3. The lowest BCUT2D eigenvalue weighted by Gasteiger charge is -2.25. The standard InChI is InChI=1S/C27H41N9O7/c28-10-4-3-8-19(25(41)36-21(26(42)43)12-15-14-33-18-7-2-1-6-16(15)18)35-24(40)20(9-5-11-32-27(30)31)34-23(39)17(29)13-22(37)38/h1-2,6-7,14,17,19-21,33H,3-5,8-13,28-29H2,(H,34,39)(H,35,40)(H,36,41)(H,37,38)(H,42,43)(H4,30,31,32). The van der Waals surface area contributed by atoms with Crippen LogP contribution in [0, 0.1) is 0 Å². The van der Waals surface area contributed by atoms with Crippen molar-refractivity contribution in [2.75, 3.05) is 13.1 Å². The van der Waals surface area contributed by atoms with Crippen LogP contribution in [0.5, 0.6) is 0 Å². The molecule has 0 spiro atoms. The minimum atomic E-state index is -1.42. The van der Waals surface area contributed by atoms with Gasteiger partial charge in [-0.05, 0) is 50.3 Å². The summed E-state index contributed by atoms with van der Waals surface area (Å²) in [6.45, 7) is 0.475. The smallest absolute Gasteiger partial charge is 0.326 e. The van der Waals surface area contributed by atoms with E-state index in [1.807, 2.05) is 24.3 Å². The molecule has 0 bridgehead atoms. The van der Waals surface area contributed by atoms with E-state index in [2.05, 4.69) is 25.9 Å². The van der Waals surface area contributed by atoms with Gasteiger partial charge in [-0.3, -0.25) is 24.2 Å². The maximum atomic E-state index is 13.3. The number of hydrogen-bond donors (Lipinski definition) is 10. The summed E-state index contributed by atoms with van der Waals surface area (Å²) >= 11 is 0. The lowest BCUT2D eigenvalue weighted by molar-refractivity contribution is -0.142. The molecule has 4 atom stereocenters. The highest BCUT2D eigenvalue weighted by molar-refractivity contribution is 5.95. The normalized spacial score (nSPS) is 13.7. The van der Waals surface area contributed by atoms with Gasteiger partial charge in [0, 0.05) is 30.1 Å². The van der Waals surface area contributed by atoms with Gasteiger partial charge in [0.2, 0.25) is 17.7 Å². The highest BCUT2D eigenvalue weighted by Crippen LogP contribution is 2.19. The molecular formula is C27H41N9O7. The van der Waals surface area contributed by atoms with Crippen LogP contribution in [0.1, 0.15) is 44.1 Å². The van der Waals surface area contributed by atoms with Crippen molar-refractivity contribution < 1.29 is 34.2 Å². The monoisotopic (exact) mass is 603 g/mol. The Kier molecular flexibility index (Phi) is 13.9. The minimum absolute atomic E-state index is 0.0144. The molecule has 1 aromatic heterocycles. The van der Waals surface area contributed by atoms with Crippen molar-refractivity contribution >= 4 is 46.5 Å². The van der Waals surface area contributed by atoms with Crippen LogP contribution in [0.4, 0.5) is 0 Å². The Bertz CT molecular complexity index is 1290. The summed E-state index contributed by atoms with van der Waals surface area (Å²) in [6.07, 6.45) is 2.41. The number of aromatic nitrogens is 1. The van der Waals surface area contributed by atoms with E-state index in [0.29, 0.717) is 24.9 Å². The second-order valence-electron chi connectivity index (χ2n) is 10.0. The first-order valence-corrected chi connectivity index (χ1v) is 13.8. The summed E-state index contributed by atoms with van der Waals surface area (Å²) in [5.74, 6) is -5.08. The molecule has 0 aliphatic rings.